The summed E-state index contributed by atoms with van der Waals surface area (Å²) in [5.74, 6) is 1.24. The van der Waals surface area contributed by atoms with Gasteiger partial charge < -0.3 is 10.1 Å². The molecule has 0 unspecified atom stereocenters. The van der Waals surface area contributed by atoms with E-state index in [1.54, 1.807) is 12.4 Å². The van der Waals surface area contributed by atoms with Crippen molar-refractivity contribution in [1.29, 1.82) is 0 Å². The Hall–Kier alpha value is -1.46. The van der Waals surface area contributed by atoms with Crippen LogP contribution in [0.25, 0.3) is 0 Å². The van der Waals surface area contributed by atoms with Gasteiger partial charge in [0.15, 0.2) is 0 Å². The first kappa shape index (κ1) is 14.9. The van der Waals surface area contributed by atoms with E-state index in [-0.39, 0.29) is 5.54 Å². The molecule has 2 rings (SSSR count). The van der Waals surface area contributed by atoms with E-state index in [4.69, 9.17) is 4.74 Å². The van der Waals surface area contributed by atoms with Crippen molar-refractivity contribution in [3.8, 4) is 11.6 Å². The number of ether oxygens (including phenoxy) is 1. The molecule has 20 heavy (non-hydrogen) atoms. The average Bonchev–Trinajstić information content (AvgIpc) is 2.39. The van der Waals surface area contributed by atoms with Gasteiger partial charge in [-0.25, -0.2) is 4.98 Å². The number of halogens is 1. The predicted octanol–water partition coefficient (Wildman–Crippen LogP) is 3.92. The van der Waals surface area contributed by atoms with E-state index in [0.29, 0.717) is 12.4 Å². The van der Waals surface area contributed by atoms with Gasteiger partial charge in [0.25, 0.3) is 0 Å². The van der Waals surface area contributed by atoms with Gasteiger partial charge in [0, 0.05) is 22.8 Å². The van der Waals surface area contributed by atoms with E-state index in [9.17, 15) is 0 Å². The summed E-state index contributed by atoms with van der Waals surface area (Å²) in [6.45, 7) is 7.00. The van der Waals surface area contributed by atoms with Gasteiger partial charge >= 0.3 is 0 Å². The molecule has 0 saturated carbocycles. The molecule has 0 aliphatic heterocycles. The summed E-state index contributed by atoms with van der Waals surface area (Å²) in [6, 6.07) is 7.61. The van der Waals surface area contributed by atoms with E-state index in [1.165, 1.54) is 0 Å². The van der Waals surface area contributed by atoms with Crippen molar-refractivity contribution in [2.45, 2.75) is 32.9 Å². The lowest BCUT2D eigenvalue weighted by molar-refractivity contribution is 0.414. The van der Waals surface area contributed by atoms with Crippen molar-refractivity contribution in [1.82, 2.24) is 15.3 Å². The largest absolute Gasteiger partial charge is 0.437 e. The second kappa shape index (κ2) is 6.33. The molecule has 0 spiro atoms. The fourth-order valence-electron chi connectivity index (χ4n) is 1.50. The van der Waals surface area contributed by atoms with Crippen molar-refractivity contribution in [3.05, 3.63) is 46.8 Å². The molecule has 0 atom stereocenters. The quantitative estimate of drug-likeness (QED) is 0.919. The topological polar surface area (TPSA) is 47.0 Å². The molecule has 1 aromatic heterocycles. The second-order valence-corrected chi connectivity index (χ2v) is 6.42. The molecule has 0 fully saturated rings. The third kappa shape index (κ3) is 4.90. The Labute approximate surface area is 127 Å². The number of nitrogens with one attached hydrogen (secondary N) is 1. The monoisotopic (exact) mass is 335 g/mol. The molecule has 0 aliphatic rings. The highest BCUT2D eigenvalue weighted by molar-refractivity contribution is 9.10. The molecule has 1 N–H and O–H groups in total. The van der Waals surface area contributed by atoms with Gasteiger partial charge in [-0.15, -0.1) is 0 Å². The smallest absolute Gasteiger partial charge is 0.238 e. The molecule has 1 heterocycles. The summed E-state index contributed by atoms with van der Waals surface area (Å²) in [5.41, 5.74) is 0.902. The maximum absolute atomic E-state index is 5.68. The number of rotatable bonds is 4. The van der Waals surface area contributed by atoms with Gasteiger partial charge in [-0.2, -0.15) is 0 Å². The summed E-state index contributed by atoms with van der Waals surface area (Å²) >= 11 is 3.39. The Morgan fingerprint density at radius 3 is 2.50 bits per heavy atom. The summed E-state index contributed by atoms with van der Waals surface area (Å²) in [6.07, 6.45) is 3.36. The van der Waals surface area contributed by atoms with Crippen LogP contribution in [-0.2, 0) is 6.54 Å². The van der Waals surface area contributed by atoms with Crippen LogP contribution in [0, 0.1) is 0 Å². The first-order valence-electron chi connectivity index (χ1n) is 6.42. The Morgan fingerprint density at radius 2 is 1.85 bits per heavy atom. The van der Waals surface area contributed by atoms with E-state index in [1.807, 2.05) is 24.3 Å². The summed E-state index contributed by atoms with van der Waals surface area (Å²) < 4.78 is 6.70. The highest BCUT2D eigenvalue weighted by Gasteiger charge is 2.09. The van der Waals surface area contributed by atoms with Crippen molar-refractivity contribution < 1.29 is 4.74 Å². The standard InChI is InChI=1S/C15H18BrN3O/c1-15(2,3)18-9-12-8-17-10-14(19-12)20-13-6-4-11(16)5-7-13/h4-8,10,18H,9H2,1-3H3. The Balaban J connectivity index is 2.04. The van der Waals surface area contributed by atoms with Gasteiger partial charge in [-0.05, 0) is 45.0 Å². The highest BCUT2D eigenvalue weighted by Crippen LogP contribution is 2.21. The number of benzene rings is 1. The molecule has 1 aromatic carbocycles. The second-order valence-electron chi connectivity index (χ2n) is 5.51. The molecule has 5 heteroatoms. The third-order valence-corrected chi connectivity index (χ3v) is 3.03. The van der Waals surface area contributed by atoms with Gasteiger partial charge in [0.2, 0.25) is 5.88 Å². The van der Waals surface area contributed by atoms with Gasteiger partial charge in [-0.3, -0.25) is 4.98 Å². The SMILES string of the molecule is CC(C)(C)NCc1cncc(Oc2ccc(Br)cc2)n1. The predicted molar refractivity (Wildman–Crippen MR) is 82.8 cm³/mol. The summed E-state index contributed by atoms with van der Waals surface area (Å²) in [5, 5.41) is 3.37. The molecule has 0 saturated heterocycles. The molecule has 0 aliphatic carbocycles. The Kier molecular flexibility index (Phi) is 4.73. The number of hydrogen-bond acceptors (Lipinski definition) is 4. The number of hydrogen-bond donors (Lipinski definition) is 1. The van der Waals surface area contributed by atoms with Crippen LogP contribution in [0.15, 0.2) is 41.1 Å². The molecule has 0 amide bonds. The zero-order chi connectivity index (χ0) is 14.6. The van der Waals surface area contributed by atoms with E-state index in [0.717, 1.165) is 15.9 Å². The molecule has 0 radical (unpaired) electrons. The van der Waals surface area contributed by atoms with Crippen molar-refractivity contribution >= 4 is 15.9 Å². The van der Waals surface area contributed by atoms with Gasteiger partial charge in [0.05, 0.1) is 11.9 Å². The summed E-state index contributed by atoms with van der Waals surface area (Å²) in [7, 11) is 0. The lowest BCUT2D eigenvalue weighted by Gasteiger charge is -2.20. The highest BCUT2D eigenvalue weighted by atomic mass is 79.9. The first-order chi connectivity index (χ1) is 9.42. The van der Waals surface area contributed by atoms with Crippen molar-refractivity contribution in [2.24, 2.45) is 0 Å². The van der Waals surface area contributed by atoms with Crippen LogP contribution < -0.4 is 10.1 Å². The molecule has 0 bridgehead atoms. The number of aromatic nitrogens is 2. The molecule has 106 valence electrons. The average molecular weight is 336 g/mol. The summed E-state index contributed by atoms with van der Waals surface area (Å²) in [4.78, 5) is 8.60. The lowest BCUT2D eigenvalue weighted by atomic mass is 10.1. The zero-order valence-electron chi connectivity index (χ0n) is 11.9. The van der Waals surface area contributed by atoms with Gasteiger partial charge in [0.1, 0.15) is 5.75 Å². The Bertz CT molecular complexity index is 564. The molecular weight excluding hydrogens is 318 g/mol. The van der Waals surface area contributed by atoms with Crippen molar-refractivity contribution in [2.75, 3.05) is 0 Å². The first-order valence-corrected chi connectivity index (χ1v) is 7.21. The van der Waals surface area contributed by atoms with Crippen LogP contribution in [0.2, 0.25) is 0 Å². The normalized spacial score (nSPS) is 11.4. The minimum atomic E-state index is 0.0459. The van der Waals surface area contributed by atoms with Crippen LogP contribution in [-0.4, -0.2) is 15.5 Å². The minimum Gasteiger partial charge on any atom is -0.437 e. The zero-order valence-corrected chi connectivity index (χ0v) is 13.4. The fourth-order valence-corrected chi connectivity index (χ4v) is 1.76. The van der Waals surface area contributed by atoms with Gasteiger partial charge in [-0.1, -0.05) is 15.9 Å². The maximum atomic E-state index is 5.68. The lowest BCUT2D eigenvalue weighted by Crippen LogP contribution is -2.35. The van der Waals surface area contributed by atoms with Crippen LogP contribution in [0.5, 0.6) is 11.6 Å². The number of nitrogens with zero attached hydrogens (tertiary/aromatic N) is 2. The van der Waals surface area contributed by atoms with Crippen LogP contribution in [0.4, 0.5) is 0 Å². The third-order valence-electron chi connectivity index (χ3n) is 2.50. The molecular formula is C15H18BrN3O. The van der Waals surface area contributed by atoms with Crippen LogP contribution in [0.3, 0.4) is 0 Å². The van der Waals surface area contributed by atoms with Crippen LogP contribution >= 0.6 is 15.9 Å². The molecule has 2 aromatic rings. The maximum Gasteiger partial charge on any atom is 0.238 e. The van der Waals surface area contributed by atoms with Crippen molar-refractivity contribution in [3.63, 3.8) is 0 Å². The minimum absolute atomic E-state index is 0.0459. The van der Waals surface area contributed by atoms with E-state index < -0.39 is 0 Å². The van der Waals surface area contributed by atoms with Crippen LogP contribution in [0.1, 0.15) is 26.5 Å². The van der Waals surface area contributed by atoms with E-state index in [2.05, 4.69) is 52.0 Å². The Morgan fingerprint density at radius 1 is 1.15 bits per heavy atom. The van der Waals surface area contributed by atoms with E-state index >= 15 is 0 Å². The fraction of sp³-hybridized carbons (Fsp3) is 0.333. The molecule has 4 nitrogen and oxygen atoms in total.